The molecule has 1 aliphatic rings. The molecule has 0 unspecified atom stereocenters. The molecule has 1 aromatic carbocycles. The van der Waals surface area contributed by atoms with Crippen molar-refractivity contribution in [1.82, 2.24) is 10.2 Å². The Labute approximate surface area is 153 Å². The molecular formula is C19H26N4O3. The maximum absolute atomic E-state index is 11.7. The number of guanidine groups is 1. The van der Waals surface area contributed by atoms with Gasteiger partial charge in [-0.1, -0.05) is 18.2 Å². The van der Waals surface area contributed by atoms with Crippen LogP contribution < -0.4 is 11.1 Å². The third-order valence-electron chi connectivity index (χ3n) is 4.71. The Morgan fingerprint density at radius 1 is 1.38 bits per heavy atom. The molecule has 0 radical (unpaired) electrons. The van der Waals surface area contributed by atoms with Gasteiger partial charge in [-0.25, -0.2) is 9.79 Å². The number of fused-ring (bicyclic) bond motifs is 1. The lowest BCUT2D eigenvalue weighted by molar-refractivity contribution is 0.0963. The first-order valence-electron chi connectivity index (χ1n) is 9.03. The van der Waals surface area contributed by atoms with Crippen molar-refractivity contribution in [3.05, 3.63) is 35.6 Å². The SMILES string of the molecule is CCOC(=O)N1CCC(NC(N)=NCc2oc3ccccc3c2C)CC1. The summed E-state index contributed by atoms with van der Waals surface area (Å²) in [7, 11) is 0. The summed E-state index contributed by atoms with van der Waals surface area (Å²) in [5.41, 5.74) is 8.00. The van der Waals surface area contributed by atoms with Crippen LogP contribution in [-0.4, -0.2) is 42.7 Å². The van der Waals surface area contributed by atoms with Crippen molar-refractivity contribution < 1.29 is 13.9 Å². The van der Waals surface area contributed by atoms with E-state index < -0.39 is 0 Å². The zero-order chi connectivity index (χ0) is 18.5. The molecule has 7 heteroatoms. The van der Waals surface area contributed by atoms with Crippen molar-refractivity contribution in [2.75, 3.05) is 19.7 Å². The molecule has 140 valence electrons. The highest BCUT2D eigenvalue weighted by Gasteiger charge is 2.23. The largest absolute Gasteiger partial charge is 0.459 e. The highest BCUT2D eigenvalue weighted by atomic mass is 16.6. The number of nitrogens with one attached hydrogen (secondary N) is 1. The molecule has 3 rings (SSSR count). The van der Waals surface area contributed by atoms with E-state index in [1.165, 1.54) is 0 Å². The Morgan fingerprint density at radius 3 is 2.81 bits per heavy atom. The van der Waals surface area contributed by atoms with Gasteiger partial charge in [0, 0.05) is 30.1 Å². The standard InChI is InChI=1S/C19H26N4O3/c1-3-25-19(24)23-10-8-14(9-11-23)22-18(20)21-12-17-13(2)15-6-4-5-7-16(15)26-17/h4-7,14H,3,8-12H2,1-2H3,(H3,20,21,22). The number of aryl methyl sites for hydroxylation is 1. The van der Waals surface area contributed by atoms with Crippen molar-refractivity contribution in [3.8, 4) is 0 Å². The van der Waals surface area contributed by atoms with E-state index in [0.29, 0.717) is 32.2 Å². The van der Waals surface area contributed by atoms with Gasteiger partial charge >= 0.3 is 6.09 Å². The third-order valence-corrected chi connectivity index (χ3v) is 4.71. The fourth-order valence-electron chi connectivity index (χ4n) is 3.21. The number of hydrogen-bond acceptors (Lipinski definition) is 4. The van der Waals surface area contributed by atoms with Crippen molar-refractivity contribution in [2.24, 2.45) is 10.7 Å². The molecule has 0 aliphatic carbocycles. The first-order valence-corrected chi connectivity index (χ1v) is 9.03. The lowest BCUT2D eigenvalue weighted by Gasteiger charge is -2.31. The number of piperidine rings is 1. The number of likely N-dealkylation sites (tertiary alicyclic amines) is 1. The molecule has 0 bridgehead atoms. The minimum Gasteiger partial charge on any atom is -0.459 e. The molecule has 3 N–H and O–H groups in total. The number of benzene rings is 1. The van der Waals surface area contributed by atoms with E-state index in [1.807, 2.05) is 38.1 Å². The van der Waals surface area contributed by atoms with Crippen LogP contribution >= 0.6 is 0 Å². The van der Waals surface area contributed by atoms with E-state index in [1.54, 1.807) is 4.90 Å². The maximum Gasteiger partial charge on any atom is 0.409 e. The van der Waals surface area contributed by atoms with Crippen molar-refractivity contribution in [3.63, 3.8) is 0 Å². The summed E-state index contributed by atoms with van der Waals surface area (Å²) in [6.45, 7) is 5.97. The number of ether oxygens (including phenoxy) is 1. The molecule has 0 atom stereocenters. The summed E-state index contributed by atoms with van der Waals surface area (Å²) in [4.78, 5) is 17.9. The summed E-state index contributed by atoms with van der Waals surface area (Å²) in [6, 6.07) is 8.16. The van der Waals surface area contributed by atoms with Gasteiger partial charge in [0.05, 0.1) is 6.61 Å². The lowest BCUT2D eigenvalue weighted by atomic mass is 10.1. The second-order valence-corrected chi connectivity index (χ2v) is 6.45. The van der Waals surface area contributed by atoms with E-state index in [-0.39, 0.29) is 12.1 Å². The molecule has 2 aromatic rings. The average molecular weight is 358 g/mol. The highest BCUT2D eigenvalue weighted by molar-refractivity contribution is 5.82. The van der Waals surface area contributed by atoms with Gasteiger partial charge in [-0.3, -0.25) is 0 Å². The molecule has 1 saturated heterocycles. The number of rotatable bonds is 4. The highest BCUT2D eigenvalue weighted by Crippen LogP contribution is 2.25. The van der Waals surface area contributed by atoms with Gasteiger partial charge in [-0.05, 0) is 32.8 Å². The molecule has 1 fully saturated rings. The van der Waals surface area contributed by atoms with Crippen LogP contribution in [-0.2, 0) is 11.3 Å². The van der Waals surface area contributed by atoms with Gasteiger partial charge < -0.3 is 25.1 Å². The first-order chi connectivity index (χ1) is 12.6. The van der Waals surface area contributed by atoms with Crippen LogP contribution in [0.25, 0.3) is 11.0 Å². The number of carbonyl (C=O) groups excluding carboxylic acids is 1. The summed E-state index contributed by atoms with van der Waals surface area (Å²) in [5, 5.41) is 4.35. The second-order valence-electron chi connectivity index (χ2n) is 6.45. The number of furan rings is 1. The van der Waals surface area contributed by atoms with Gasteiger partial charge in [0.2, 0.25) is 0 Å². The molecule has 1 amide bonds. The fourth-order valence-corrected chi connectivity index (χ4v) is 3.21. The molecule has 7 nitrogen and oxygen atoms in total. The van der Waals surface area contributed by atoms with Crippen LogP contribution in [0.5, 0.6) is 0 Å². The quantitative estimate of drug-likeness (QED) is 0.647. The predicted molar refractivity (Wildman–Crippen MR) is 101 cm³/mol. The molecule has 26 heavy (non-hydrogen) atoms. The van der Waals surface area contributed by atoms with Crippen LogP contribution in [0.1, 0.15) is 31.1 Å². The normalized spacial score (nSPS) is 16.1. The number of hydrogen-bond donors (Lipinski definition) is 2. The van der Waals surface area contributed by atoms with Crippen LogP contribution in [0, 0.1) is 6.92 Å². The number of carbonyl (C=O) groups is 1. The smallest absolute Gasteiger partial charge is 0.409 e. The Kier molecular flexibility index (Phi) is 5.65. The predicted octanol–water partition coefficient (Wildman–Crippen LogP) is 2.77. The summed E-state index contributed by atoms with van der Waals surface area (Å²) in [6.07, 6.45) is 1.39. The molecular weight excluding hydrogens is 332 g/mol. The van der Waals surface area contributed by atoms with Crippen molar-refractivity contribution in [1.29, 1.82) is 0 Å². The minimum atomic E-state index is -0.243. The first kappa shape index (κ1) is 18.1. The van der Waals surface area contributed by atoms with Gasteiger partial charge in [-0.15, -0.1) is 0 Å². The van der Waals surface area contributed by atoms with E-state index in [2.05, 4.69) is 10.3 Å². The van der Waals surface area contributed by atoms with Gasteiger partial charge in [0.15, 0.2) is 5.96 Å². The third kappa shape index (κ3) is 4.09. The molecule has 1 aliphatic heterocycles. The fraction of sp³-hybridized carbons (Fsp3) is 0.474. The van der Waals surface area contributed by atoms with Crippen LogP contribution in [0.2, 0.25) is 0 Å². The summed E-state index contributed by atoms with van der Waals surface area (Å²) < 4.78 is 10.9. The number of para-hydroxylation sites is 1. The topological polar surface area (TPSA) is 93.1 Å². The Balaban J connectivity index is 1.53. The van der Waals surface area contributed by atoms with Gasteiger partial charge in [-0.2, -0.15) is 0 Å². The maximum atomic E-state index is 11.7. The van der Waals surface area contributed by atoms with Crippen LogP contribution in [0.4, 0.5) is 4.79 Å². The monoisotopic (exact) mass is 358 g/mol. The zero-order valence-corrected chi connectivity index (χ0v) is 15.3. The molecule has 2 heterocycles. The van der Waals surface area contributed by atoms with Crippen molar-refractivity contribution in [2.45, 2.75) is 39.3 Å². The van der Waals surface area contributed by atoms with Crippen LogP contribution in [0.15, 0.2) is 33.7 Å². The molecule has 0 spiro atoms. The number of aliphatic imine (C=N–C) groups is 1. The lowest BCUT2D eigenvalue weighted by Crippen LogP contribution is -2.48. The van der Waals surface area contributed by atoms with Crippen LogP contribution in [0.3, 0.4) is 0 Å². The average Bonchev–Trinajstić information content (AvgIpc) is 2.97. The van der Waals surface area contributed by atoms with E-state index in [0.717, 1.165) is 35.1 Å². The Hall–Kier alpha value is -2.70. The Morgan fingerprint density at radius 2 is 2.12 bits per heavy atom. The van der Waals surface area contributed by atoms with Gasteiger partial charge in [0.1, 0.15) is 17.9 Å². The minimum absolute atomic E-state index is 0.209. The van der Waals surface area contributed by atoms with Crippen molar-refractivity contribution >= 4 is 23.0 Å². The number of amides is 1. The summed E-state index contributed by atoms with van der Waals surface area (Å²) >= 11 is 0. The molecule has 1 aromatic heterocycles. The number of nitrogens with zero attached hydrogens (tertiary/aromatic N) is 2. The molecule has 0 saturated carbocycles. The van der Waals surface area contributed by atoms with E-state index >= 15 is 0 Å². The van der Waals surface area contributed by atoms with E-state index in [9.17, 15) is 4.79 Å². The Bertz CT molecular complexity index is 791. The summed E-state index contributed by atoms with van der Waals surface area (Å²) in [5.74, 6) is 1.23. The second kappa shape index (κ2) is 8.12. The van der Waals surface area contributed by atoms with E-state index in [4.69, 9.17) is 14.9 Å². The van der Waals surface area contributed by atoms with Gasteiger partial charge in [0.25, 0.3) is 0 Å². The number of nitrogens with two attached hydrogens (primary N) is 1. The zero-order valence-electron chi connectivity index (χ0n) is 15.3.